The summed E-state index contributed by atoms with van der Waals surface area (Å²) in [5, 5.41) is 13.0. The van der Waals surface area contributed by atoms with Crippen molar-refractivity contribution in [2.24, 2.45) is 0 Å². The highest BCUT2D eigenvalue weighted by molar-refractivity contribution is 7.09. The first kappa shape index (κ1) is 21.2. The van der Waals surface area contributed by atoms with Crippen molar-refractivity contribution in [3.8, 4) is 22.5 Å². The van der Waals surface area contributed by atoms with Gasteiger partial charge in [-0.2, -0.15) is 15.0 Å². The van der Waals surface area contributed by atoms with Gasteiger partial charge in [-0.05, 0) is 25.5 Å². The summed E-state index contributed by atoms with van der Waals surface area (Å²) in [6.45, 7) is 8.56. The largest absolute Gasteiger partial charge is 0.246 e. The molecule has 0 unspecified atom stereocenters. The highest BCUT2D eigenvalue weighted by atomic mass is 32.1. The second kappa shape index (κ2) is 9.40. The molecule has 0 amide bonds. The maximum absolute atomic E-state index is 4.82. The molecule has 0 atom stereocenters. The van der Waals surface area contributed by atoms with Gasteiger partial charge in [-0.15, -0.1) is 11.3 Å². The zero-order chi connectivity index (χ0) is 21.8. The Morgan fingerprint density at radius 1 is 0.903 bits per heavy atom. The standard InChI is InChI=1S/C26H28N4S/c1-18(2)26-27-23(17-31-26)15-9-11-20-10-8-14-22(16-20)25-24(21-12-6-5-7-13-21)28-30(29-25)19(3)4/h5-14,16-19H,15H2,1-4H3. The van der Waals surface area contributed by atoms with Gasteiger partial charge < -0.3 is 0 Å². The molecule has 2 aromatic carbocycles. The Morgan fingerprint density at radius 2 is 1.61 bits per heavy atom. The van der Waals surface area contributed by atoms with Crippen LogP contribution in [0.4, 0.5) is 0 Å². The summed E-state index contributed by atoms with van der Waals surface area (Å²) in [5.41, 5.74) is 6.26. The van der Waals surface area contributed by atoms with Gasteiger partial charge in [0.25, 0.3) is 0 Å². The monoisotopic (exact) mass is 428 g/mol. The van der Waals surface area contributed by atoms with Crippen LogP contribution in [0.2, 0.25) is 0 Å². The average Bonchev–Trinajstić information content (AvgIpc) is 3.43. The van der Waals surface area contributed by atoms with Crippen molar-refractivity contribution in [2.75, 3.05) is 0 Å². The van der Waals surface area contributed by atoms with Crippen LogP contribution in [0.3, 0.4) is 0 Å². The summed E-state index contributed by atoms with van der Waals surface area (Å²) in [5.74, 6) is 0.484. The van der Waals surface area contributed by atoms with Crippen molar-refractivity contribution in [3.63, 3.8) is 0 Å². The van der Waals surface area contributed by atoms with Crippen LogP contribution >= 0.6 is 11.3 Å². The molecule has 4 nitrogen and oxygen atoms in total. The number of nitrogens with zero attached hydrogens (tertiary/aromatic N) is 4. The lowest BCUT2D eigenvalue weighted by molar-refractivity contribution is 0.468. The van der Waals surface area contributed by atoms with Gasteiger partial charge in [0.15, 0.2) is 0 Å². The number of allylic oxidation sites excluding steroid dienone is 1. The molecule has 158 valence electrons. The van der Waals surface area contributed by atoms with Gasteiger partial charge in [0.05, 0.1) is 16.7 Å². The Labute approximate surface area is 188 Å². The molecule has 0 radical (unpaired) electrons. The van der Waals surface area contributed by atoms with Crippen LogP contribution in [0.1, 0.15) is 55.9 Å². The molecular weight excluding hydrogens is 400 g/mol. The van der Waals surface area contributed by atoms with Gasteiger partial charge >= 0.3 is 0 Å². The number of hydrogen-bond acceptors (Lipinski definition) is 4. The van der Waals surface area contributed by atoms with Gasteiger partial charge in [-0.3, -0.25) is 0 Å². The summed E-state index contributed by atoms with van der Waals surface area (Å²) >= 11 is 1.75. The third kappa shape index (κ3) is 5.00. The van der Waals surface area contributed by atoms with Crippen LogP contribution in [-0.2, 0) is 6.42 Å². The fourth-order valence-electron chi connectivity index (χ4n) is 3.32. The van der Waals surface area contributed by atoms with E-state index in [9.17, 15) is 0 Å². The lowest BCUT2D eigenvalue weighted by Crippen LogP contribution is -2.04. The maximum atomic E-state index is 4.82. The molecule has 0 spiro atoms. The molecular formula is C26H28N4S. The van der Waals surface area contributed by atoms with E-state index in [2.05, 4.69) is 81.6 Å². The first-order valence-corrected chi connectivity index (χ1v) is 11.6. The van der Waals surface area contributed by atoms with Crippen LogP contribution in [-0.4, -0.2) is 20.0 Å². The smallest absolute Gasteiger partial charge is 0.121 e. The number of hydrogen-bond donors (Lipinski definition) is 0. The minimum absolute atomic E-state index is 0.202. The van der Waals surface area contributed by atoms with E-state index in [0.717, 1.165) is 40.2 Å². The topological polar surface area (TPSA) is 43.6 Å². The number of thiazole rings is 1. The van der Waals surface area contributed by atoms with E-state index >= 15 is 0 Å². The zero-order valence-electron chi connectivity index (χ0n) is 18.5. The van der Waals surface area contributed by atoms with Crippen LogP contribution < -0.4 is 0 Å². The normalized spacial score (nSPS) is 11.8. The van der Waals surface area contributed by atoms with Crippen LogP contribution in [0.25, 0.3) is 28.6 Å². The lowest BCUT2D eigenvalue weighted by atomic mass is 10.0. The molecule has 0 saturated carbocycles. The van der Waals surface area contributed by atoms with E-state index in [-0.39, 0.29) is 6.04 Å². The van der Waals surface area contributed by atoms with E-state index in [1.165, 1.54) is 5.01 Å². The van der Waals surface area contributed by atoms with E-state index in [1.54, 1.807) is 16.1 Å². The Morgan fingerprint density at radius 3 is 2.29 bits per heavy atom. The van der Waals surface area contributed by atoms with Gasteiger partial charge in [0, 0.05) is 28.8 Å². The van der Waals surface area contributed by atoms with Crippen molar-refractivity contribution in [2.45, 2.75) is 46.1 Å². The summed E-state index contributed by atoms with van der Waals surface area (Å²) in [6, 6.07) is 19.0. The highest BCUT2D eigenvalue weighted by Crippen LogP contribution is 2.30. The predicted octanol–water partition coefficient (Wildman–Crippen LogP) is 7.03. The Bertz CT molecular complexity index is 1170. The second-order valence-electron chi connectivity index (χ2n) is 8.24. The molecule has 0 aliphatic carbocycles. The second-order valence-corrected chi connectivity index (χ2v) is 9.13. The molecule has 4 aromatic rings. The zero-order valence-corrected chi connectivity index (χ0v) is 19.3. The quantitative estimate of drug-likeness (QED) is 0.317. The minimum atomic E-state index is 0.202. The molecule has 0 N–H and O–H groups in total. The molecule has 0 fully saturated rings. The maximum Gasteiger partial charge on any atom is 0.121 e. The molecule has 31 heavy (non-hydrogen) atoms. The number of rotatable bonds is 7. The Hall–Kier alpha value is -3.05. The van der Waals surface area contributed by atoms with Crippen LogP contribution in [0.5, 0.6) is 0 Å². The first-order chi connectivity index (χ1) is 15.0. The SMILES string of the molecule is CC(C)c1nc(CC=Cc2cccc(-c3nn(C(C)C)nc3-c3ccccc3)c2)cs1. The molecule has 0 aliphatic rings. The molecule has 0 saturated heterocycles. The van der Waals surface area contributed by atoms with E-state index in [1.807, 2.05) is 18.2 Å². The molecule has 4 rings (SSSR count). The summed E-state index contributed by atoms with van der Waals surface area (Å²) in [6.07, 6.45) is 5.18. The van der Waals surface area contributed by atoms with Crippen molar-refractivity contribution in [1.82, 2.24) is 20.0 Å². The van der Waals surface area contributed by atoms with Gasteiger partial charge in [-0.1, -0.05) is 74.5 Å². The molecule has 2 aromatic heterocycles. The molecule has 2 heterocycles. The van der Waals surface area contributed by atoms with Gasteiger partial charge in [0.1, 0.15) is 11.4 Å². The number of aromatic nitrogens is 4. The van der Waals surface area contributed by atoms with E-state index in [0.29, 0.717) is 5.92 Å². The predicted molar refractivity (Wildman–Crippen MR) is 130 cm³/mol. The molecule has 5 heteroatoms. The summed E-state index contributed by atoms with van der Waals surface area (Å²) in [7, 11) is 0. The van der Waals surface area contributed by atoms with Gasteiger partial charge in [0.2, 0.25) is 0 Å². The first-order valence-electron chi connectivity index (χ1n) is 10.7. The third-order valence-corrected chi connectivity index (χ3v) is 6.19. The van der Waals surface area contributed by atoms with Crippen molar-refractivity contribution >= 4 is 17.4 Å². The highest BCUT2D eigenvalue weighted by Gasteiger charge is 2.16. The summed E-state index contributed by atoms with van der Waals surface area (Å²) in [4.78, 5) is 6.52. The van der Waals surface area contributed by atoms with Crippen molar-refractivity contribution in [1.29, 1.82) is 0 Å². The van der Waals surface area contributed by atoms with Crippen molar-refractivity contribution < 1.29 is 0 Å². The molecule has 0 bridgehead atoms. The number of benzene rings is 2. The van der Waals surface area contributed by atoms with Gasteiger partial charge in [-0.25, -0.2) is 4.98 Å². The van der Waals surface area contributed by atoms with Crippen LogP contribution in [0, 0.1) is 0 Å². The molecule has 0 aliphatic heterocycles. The van der Waals surface area contributed by atoms with E-state index < -0.39 is 0 Å². The minimum Gasteiger partial charge on any atom is -0.246 e. The Balaban J connectivity index is 1.60. The van der Waals surface area contributed by atoms with Crippen molar-refractivity contribution in [3.05, 3.63) is 82.3 Å². The fraction of sp³-hybridized carbons (Fsp3) is 0.269. The lowest BCUT2D eigenvalue weighted by Gasteiger charge is -2.03. The summed E-state index contributed by atoms with van der Waals surface area (Å²) < 4.78 is 0. The fourth-order valence-corrected chi connectivity index (χ4v) is 4.17. The van der Waals surface area contributed by atoms with Crippen LogP contribution in [0.15, 0.2) is 66.1 Å². The Kier molecular flexibility index (Phi) is 6.42. The third-order valence-electron chi connectivity index (χ3n) is 5.00. The van der Waals surface area contributed by atoms with E-state index in [4.69, 9.17) is 15.2 Å². The average molecular weight is 429 g/mol.